The van der Waals surface area contributed by atoms with Crippen LogP contribution in [-0.4, -0.2) is 32.8 Å². The molecule has 0 unspecified atom stereocenters. The number of sulfonamides is 1. The molecule has 3 aromatic rings. The molecule has 0 aliphatic rings. The van der Waals surface area contributed by atoms with Crippen LogP contribution in [0.2, 0.25) is 0 Å². The minimum Gasteiger partial charge on any atom is -0.507 e. The lowest BCUT2D eigenvalue weighted by Gasteiger charge is -2.09. The summed E-state index contributed by atoms with van der Waals surface area (Å²) in [5.41, 5.74) is 4.29. The highest BCUT2D eigenvalue weighted by Crippen LogP contribution is 2.21. The molecule has 0 saturated heterocycles. The van der Waals surface area contributed by atoms with Gasteiger partial charge in [-0.05, 0) is 61.5 Å². The average molecular weight is 439 g/mol. The number of carbonyl (C=O) groups excluding carboxylic acids is 1. The smallest absolute Gasteiger partial charge is 0.271 e. The topological polar surface area (TPSA) is 117 Å². The van der Waals surface area contributed by atoms with E-state index in [9.17, 15) is 18.3 Å². The van der Waals surface area contributed by atoms with Gasteiger partial charge < -0.3 is 9.84 Å². The molecule has 0 fully saturated rings. The van der Waals surface area contributed by atoms with Crippen molar-refractivity contribution in [2.24, 2.45) is 5.10 Å². The first-order valence-electron chi connectivity index (χ1n) is 9.18. The number of rotatable bonds is 7. The SMILES string of the molecule is COc1ccc(O)c(/C=N\NC(=O)c2ccc(NS(=O)(=O)c3ccc(C)cc3)cc2)c1. The van der Waals surface area contributed by atoms with Gasteiger partial charge in [-0.2, -0.15) is 5.10 Å². The number of nitrogens with one attached hydrogen (secondary N) is 2. The third kappa shape index (κ3) is 5.61. The summed E-state index contributed by atoms with van der Waals surface area (Å²) in [6.45, 7) is 1.87. The molecule has 0 heterocycles. The third-order valence-electron chi connectivity index (χ3n) is 4.34. The molecule has 9 heteroatoms. The van der Waals surface area contributed by atoms with Gasteiger partial charge in [-0.3, -0.25) is 9.52 Å². The second-order valence-corrected chi connectivity index (χ2v) is 8.30. The molecule has 0 aromatic heterocycles. The van der Waals surface area contributed by atoms with E-state index in [-0.39, 0.29) is 16.2 Å². The first-order valence-corrected chi connectivity index (χ1v) is 10.7. The van der Waals surface area contributed by atoms with Crippen LogP contribution in [0.25, 0.3) is 0 Å². The molecule has 3 aromatic carbocycles. The van der Waals surface area contributed by atoms with Crippen LogP contribution in [0.3, 0.4) is 0 Å². The number of nitrogens with zero attached hydrogens (tertiary/aromatic N) is 1. The summed E-state index contributed by atoms with van der Waals surface area (Å²) in [5, 5.41) is 13.6. The van der Waals surface area contributed by atoms with Crippen molar-refractivity contribution in [1.29, 1.82) is 0 Å². The summed E-state index contributed by atoms with van der Waals surface area (Å²) in [4.78, 5) is 12.4. The molecule has 0 bridgehead atoms. The van der Waals surface area contributed by atoms with Gasteiger partial charge in [-0.15, -0.1) is 0 Å². The maximum atomic E-state index is 12.4. The molecule has 0 radical (unpaired) electrons. The van der Waals surface area contributed by atoms with Crippen LogP contribution in [0, 0.1) is 6.92 Å². The molecule has 1 amide bonds. The Morgan fingerprint density at radius 2 is 1.71 bits per heavy atom. The van der Waals surface area contributed by atoms with E-state index in [1.807, 2.05) is 6.92 Å². The van der Waals surface area contributed by atoms with Crippen molar-refractivity contribution in [1.82, 2.24) is 5.43 Å². The Hall–Kier alpha value is -3.85. The van der Waals surface area contributed by atoms with Crippen molar-refractivity contribution in [2.45, 2.75) is 11.8 Å². The average Bonchev–Trinajstić information content (AvgIpc) is 2.75. The van der Waals surface area contributed by atoms with E-state index in [1.54, 1.807) is 24.3 Å². The zero-order valence-electron chi connectivity index (χ0n) is 16.9. The van der Waals surface area contributed by atoms with Crippen molar-refractivity contribution in [2.75, 3.05) is 11.8 Å². The number of hydrogen-bond acceptors (Lipinski definition) is 6. The summed E-state index contributed by atoms with van der Waals surface area (Å²) in [7, 11) is -2.23. The van der Waals surface area contributed by atoms with Crippen LogP contribution < -0.4 is 14.9 Å². The van der Waals surface area contributed by atoms with E-state index in [1.165, 1.54) is 55.8 Å². The number of methoxy groups -OCH3 is 1. The summed E-state index contributed by atoms with van der Waals surface area (Å²) in [6.07, 6.45) is 1.29. The molecule has 0 spiro atoms. The van der Waals surface area contributed by atoms with Crippen LogP contribution in [0.5, 0.6) is 11.5 Å². The predicted molar refractivity (Wildman–Crippen MR) is 118 cm³/mol. The van der Waals surface area contributed by atoms with Gasteiger partial charge in [-0.1, -0.05) is 17.7 Å². The number of hydrazone groups is 1. The summed E-state index contributed by atoms with van der Waals surface area (Å²) in [5.74, 6) is 0.0323. The molecular formula is C22H21N3O5S. The number of hydrogen-bond donors (Lipinski definition) is 3. The van der Waals surface area contributed by atoms with E-state index in [2.05, 4.69) is 15.2 Å². The molecule has 160 valence electrons. The fourth-order valence-corrected chi connectivity index (χ4v) is 3.67. The van der Waals surface area contributed by atoms with Crippen LogP contribution in [0.4, 0.5) is 5.69 Å². The molecule has 3 N–H and O–H groups in total. The van der Waals surface area contributed by atoms with Gasteiger partial charge in [0.15, 0.2) is 0 Å². The zero-order valence-corrected chi connectivity index (χ0v) is 17.7. The Morgan fingerprint density at radius 3 is 2.35 bits per heavy atom. The lowest BCUT2D eigenvalue weighted by molar-refractivity contribution is 0.0955. The Morgan fingerprint density at radius 1 is 1.03 bits per heavy atom. The highest BCUT2D eigenvalue weighted by atomic mass is 32.2. The second-order valence-electron chi connectivity index (χ2n) is 6.62. The lowest BCUT2D eigenvalue weighted by atomic mass is 10.2. The quantitative estimate of drug-likeness (QED) is 0.386. The Kier molecular flexibility index (Phi) is 6.56. The Bertz CT molecular complexity index is 1200. The summed E-state index contributed by atoms with van der Waals surface area (Å²) < 4.78 is 32.4. The summed E-state index contributed by atoms with van der Waals surface area (Å²) >= 11 is 0. The number of anilines is 1. The minimum absolute atomic E-state index is 0.0102. The molecule has 31 heavy (non-hydrogen) atoms. The number of aryl methyl sites for hydroxylation is 1. The standard InChI is InChI=1S/C22H21N3O5S/c1-15-3-10-20(11-4-15)31(28,29)25-18-7-5-16(6-8-18)22(27)24-23-14-17-13-19(30-2)9-12-21(17)26/h3-14,25-26H,1-2H3,(H,24,27)/b23-14-. The number of phenolic OH excluding ortho intramolecular Hbond substituents is 1. The van der Waals surface area contributed by atoms with Crippen LogP contribution in [0.1, 0.15) is 21.5 Å². The molecule has 8 nitrogen and oxygen atoms in total. The molecule has 0 aliphatic carbocycles. The van der Waals surface area contributed by atoms with Crippen molar-refractivity contribution in [3.8, 4) is 11.5 Å². The highest BCUT2D eigenvalue weighted by molar-refractivity contribution is 7.92. The van der Waals surface area contributed by atoms with E-state index in [0.717, 1.165) is 5.56 Å². The summed E-state index contributed by atoms with van der Waals surface area (Å²) in [6, 6.07) is 17.0. The van der Waals surface area contributed by atoms with Gasteiger partial charge in [-0.25, -0.2) is 13.8 Å². The van der Waals surface area contributed by atoms with Gasteiger partial charge in [0.1, 0.15) is 11.5 Å². The fraction of sp³-hybridized carbons (Fsp3) is 0.0909. The molecule has 0 atom stereocenters. The van der Waals surface area contributed by atoms with Gasteiger partial charge in [0.05, 0.1) is 18.2 Å². The van der Waals surface area contributed by atoms with Gasteiger partial charge >= 0.3 is 0 Å². The number of amides is 1. The van der Waals surface area contributed by atoms with Crippen molar-refractivity contribution in [3.63, 3.8) is 0 Å². The molecular weight excluding hydrogens is 418 g/mol. The van der Waals surface area contributed by atoms with E-state index >= 15 is 0 Å². The van der Waals surface area contributed by atoms with Crippen LogP contribution >= 0.6 is 0 Å². The largest absolute Gasteiger partial charge is 0.507 e. The monoisotopic (exact) mass is 439 g/mol. The molecule has 0 aliphatic heterocycles. The van der Waals surface area contributed by atoms with E-state index < -0.39 is 15.9 Å². The normalized spacial score (nSPS) is 11.3. The predicted octanol–water partition coefficient (Wildman–Crippen LogP) is 3.27. The first-order chi connectivity index (χ1) is 14.8. The highest BCUT2D eigenvalue weighted by Gasteiger charge is 2.14. The number of ether oxygens (including phenoxy) is 1. The van der Waals surface area contributed by atoms with Gasteiger partial charge in [0, 0.05) is 16.8 Å². The molecule has 3 rings (SSSR count). The number of phenols is 1. The zero-order chi connectivity index (χ0) is 22.4. The van der Waals surface area contributed by atoms with Crippen molar-refractivity contribution >= 4 is 27.8 Å². The maximum Gasteiger partial charge on any atom is 0.271 e. The number of benzene rings is 3. The minimum atomic E-state index is -3.73. The van der Waals surface area contributed by atoms with Gasteiger partial charge in [0.2, 0.25) is 0 Å². The van der Waals surface area contributed by atoms with Gasteiger partial charge in [0.25, 0.3) is 15.9 Å². The fourth-order valence-electron chi connectivity index (χ4n) is 2.61. The third-order valence-corrected chi connectivity index (χ3v) is 5.73. The van der Waals surface area contributed by atoms with Crippen molar-refractivity contribution in [3.05, 3.63) is 83.4 Å². The van der Waals surface area contributed by atoms with Crippen LogP contribution in [-0.2, 0) is 10.0 Å². The lowest BCUT2D eigenvalue weighted by Crippen LogP contribution is -2.18. The number of carbonyl (C=O) groups is 1. The number of aromatic hydroxyl groups is 1. The first kappa shape index (κ1) is 21.8. The van der Waals surface area contributed by atoms with E-state index in [4.69, 9.17) is 4.74 Å². The van der Waals surface area contributed by atoms with Crippen LogP contribution in [0.15, 0.2) is 76.7 Å². The van der Waals surface area contributed by atoms with E-state index in [0.29, 0.717) is 17.0 Å². The molecule has 0 saturated carbocycles. The van der Waals surface area contributed by atoms with Crippen molar-refractivity contribution < 1.29 is 23.1 Å². The maximum absolute atomic E-state index is 12.4. The second kappa shape index (κ2) is 9.31. The Labute approximate surface area is 180 Å². The Balaban J connectivity index is 1.64.